The molecule has 0 heterocycles. The zero-order valence-electron chi connectivity index (χ0n) is 24.4. The molecule has 0 bridgehead atoms. The lowest BCUT2D eigenvalue weighted by atomic mass is 10.5. The molecular formula is C21H57N3O9Si3. The second-order valence-electron chi connectivity index (χ2n) is 7.25. The normalized spacial score (nSPS) is 12.0. The Morgan fingerprint density at radius 1 is 0.417 bits per heavy atom. The van der Waals surface area contributed by atoms with Gasteiger partial charge in [0.2, 0.25) is 0 Å². The van der Waals surface area contributed by atoms with Crippen LogP contribution in [0.15, 0.2) is 0 Å². The Kier molecular flexibility index (Phi) is 30.2. The molecule has 36 heavy (non-hydrogen) atoms. The van der Waals surface area contributed by atoms with Gasteiger partial charge in [0.15, 0.2) is 0 Å². The summed E-state index contributed by atoms with van der Waals surface area (Å²) in [7, 11) is 2.69. The summed E-state index contributed by atoms with van der Waals surface area (Å²) in [5, 5.41) is 0. The molecule has 15 heteroatoms. The van der Waals surface area contributed by atoms with Crippen molar-refractivity contribution in [3.63, 3.8) is 0 Å². The molecule has 6 N–H and O–H groups in total. The van der Waals surface area contributed by atoms with Crippen molar-refractivity contribution in [3.8, 4) is 0 Å². The maximum absolute atomic E-state index is 5.56. The van der Waals surface area contributed by atoms with Crippen molar-refractivity contribution >= 4 is 26.4 Å². The van der Waals surface area contributed by atoms with Crippen LogP contribution in [0.4, 0.5) is 0 Å². The average molecular weight is 580 g/mol. The molecule has 0 aliphatic heterocycles. The van der Waals surface area contributed by atoms with E-state index in [-0.39, 0.29) is 0 Å². The minimum absolute atomic E-state index is 0.623. The summed E-state index contributed by atoms with van der Waals surface area (Å²) in [4.78, 5) is 0. The molecule has 0 rings (SSSR count). The summed E-state index contributed by atoms with van der Waals surface area (Å²) in [6.45, 7) is 9.65. The quantitative estimate of drug-likeness (QED) is 0.169. The minimum Gasteiger partial charge on any atom is -0.377 e. The third-order valence-corrected chi connectivity index (χ3v) is 13.8. The molecule has 0 aromatic rings. The van der Waals surface area contributed by atoms with Gasteiger partial charge < -0.3 is 57.0 Å². The maximum Gasteiger partial charge on any atom is 0.500 e. The maximum atomic E-state index is 5.56. The first-order chi connectivity index (χ1) is 17.2. The third kappa shape index (κ3) is 18.4. The lowest BCUT2D eigenvalue weighted by Gasteiger charge is -2.26. The van der Waals surface area contributed by atoms with Gasteiger partial charge in [0.05, 0.1) is 0 Å². The predicted molar refractivity (Wildman–Crippen MR) is 150 cm³/mol. The molecule has 12 nitrogen and oxygen atoms in total. The average Bonchev–Trinajstić information content (AvgIpc) is 2.92. The molecule has 0 aromatic carbocycles. The molecule has 0 aliphatic rings. The topological polar surface area (TPSA) is 161 Å². The Balaban J connectivity index is -0.000000455. The van der Waals surface area contributed by atoms with Crippen molar-refractivity contribution in [1.82, 2.24) is 0 Å². The summed E-state index contributed by atoms with van der Waals surface area (Å²) in [5.41, 5.74) is 16.2. The van der Waals surface area contributed by atoms with Crippen molar-refractivity contribution in [2.45, 2.75) is 58.2 Å². The number of hydrogen-bond donors (Lipinski definition) is 3. The Hall–Kier alpha value is 0.171. The Labute approximate surface area is 223 Å². The van der Waals surface area contributed by atoms with E-state index in [1.165, 1.54) is 0 Å². The molecule has 0 amide bonds. The monoisotopic (exact) mass is 579 g/mol. The highest BCUT2D eigenvalue weighted by Gasteiger charge is 2.39. The van der Waals surface area contributed by atoms with Gasteiger partial charge in [-0.2, -0.15) is 0 Å². The van der Waals surface area contributed by atoms with Crippen LogP contribution in [-0.4, -0.2) is 109 Å². The smallest absolute Gasteiger partial charge is 0.377 e. The van der Waals surface area contributed by atoms with E-state index < -0.39 is 26.4 Å². The van der Waals surface area contributed by atoms with Gasteiger partial charge in [-0.1, -0.05) is 0 Å². The highest BCUT2D eigenvalue weighted by atomic mass is 28.4. The van der Waals surface area contributed by atoms with E-state index in [9.17, 15) is 0 Å². The lowest BCUT2D eigenvalue weighted by Crippen LogP contribution is -2.45. The number of rotatable bonds is 21. The molecule has 0 aliphatic carbocycles. The molecular weight excluding hydrogens is 523 g/mol. The summed E-state index contributed by atoms with van der Waals surface area (Å²) < 4.78 is 48.0. The molecule has 0 saturated heterocycles. The van der Waals surface area contributed by atoms with Gasteiger partial charge in [0.25, 0.3) is 0 Å². The van der Waals surface area contributed by atoms with Crippen LogP contribution in [0.5, 0.6) is 0 Å². The predicted octanol–water partition coefficient (Wildman–Crippen LogP) is 1.81. The summed E-state index contributed by atoms with van der Waals surface area (Å²) in [5.74, 6) is 0. The molecule has 0 radical (unpaired) electrons. The van der Waals surface area contributed by atoms with Crippen molar-refractivity contribution < 1.29 is 39.8 Å². The van der Waals surface area contributed by atoms with Crippen molar-refractivity contribution in [3.05, 3.63) is 0 Å². The number of hydrogen-bond acceptors (Lipinski definition) is 12. The standard InChI is InChI=1S/C8H21NO3Si.C7H19NO3Si.C6H17NO3Si/c1-4-11-13(10-3,12-5-2)8-6-7-9;1-4-11-12(9-2,10-3)7-5-6-8;1-8-11(9-2,10-3)6-4-5-7/h4-9H2,1-3H3;4-8H2,1-3H3;4-7H2,1-3H3. The van der Waals surface area contributed by atoms with Crippen LogP contribution < -0.4 is 17.2 Å². The van der Waals surface area contributed by atoms with E-state index in [0.29, 0.717) is 39.5 Å². The van der Waals surface area contributed by atoms with Crippen LogP contribution in [0.2, 0.25) is 18.1 Å². The van der Waals surface area contributed by atoms with Gasteiger partial charge in [-0.05, 0) is 59.7 Å². The minimum atomic E-state index is -2.37. The van der Waals surface area contributed by atoms with E-state index in [2.05, 4.69) is 0 Å². The first-order valence-electron chi connectivity index (χ1n) is 12.6. The van der Waals surface area contributed by atoms with E-state index in [1.54, 1.807) is 42.7 Å². The first-order valence-corrected chi connectivity index (χ1v) is 18.4. The first kappa shape index (κ1) is 40.7. The van der Waals surface area contributed by atoms with E-state index >= 15 is 0 Å². The van der Waals surface area contributed by atoms with Crippen LogP contribution >= 0.6 is 0 Å². The Morgan fingerprint density at radius 2 is 0.667 bits per heavy atom. The Bertz CT molecular complexity index is 440. The van der Waals surface area contributed by atoms with E-state index in [4.69, 9.17) is 57.0 Å². The molecule has 0 atom stereocenters. The lowest BCUT2D eigenvalue weighted by molar-refractivity contribution is 0.0862. The van der Waals surface area contributed by atoms with Crippen LogP contribution in [0.3, 0.4) is 0 Å². The molecule has 0 aromatic heterocycles. The van der Waals surface area contributed by atoms with E-state index in [1.807, 2.05) is 20.8 Å². The van der Waals surface area contributed by atoms with Gasteiger partial charge in [0.1, 0.15) is 0 Å². The summed E-state index contributed by atoms with van der Waals surface area (Å²) in [6.07, 6.45) is 2.65. The fourth-order valence-electron chi connectivity index (χ4n) is 3.06. The molecule has 0 spiro atoms. The van der Waals surface area contributed by atoms with Crippen LogP contribution in [0.25, 0.3) is 0 Å². The summed E-state index contributed by atoms with van der Waals surface area (Å²) >= 11 is 0. The summed E-state index contributed by atoms with van der Waals surface area (Å²) in [6, 6.07) is 2.39. The van der Waals surface area contributed by atoms with Gasteiger partial charge in [-0.3, -0.25) is 0 Å². The SMILES string of the molecule is CCO[Si](CCCN)(OC)OC.CCO[Si](CCCN)(OC)OCC.CO[Si](CCCN)(OC)OC. The Morgan fingerprint density at radius 3 is 0.917 bits per heavy atom. The molecule has 0 unspecified atom stereocenters. The molecule has 0 saturated carbocycles. The van der Waals surface area contributed by atoms with Gasteiger partial charge in [0, 0.05) is 80.6 Å². The third-order valence-electron chi connectivity index (χ3n) is 5.02. The zero-order chi connectivity index (χ0) is 28.3. The molecule has 222 valence electrons. The second-order valence-corrected chi connectivity index (χ2v) is 16.2. The fraction of sp³-hybridized carbons (Fsp3) is 1.00. The highest BCUT2D eigenvalue weighted by Crippen LogP contribution is 2.17. The second kappa shape index (κ2) is 26.8. The van der Waals surface area contributed by atoms with Crippen molar-refractivity contribution in [1.29, 1.82) is 0 Å². The van der Waals surface area contributed by atoms with Crippen LogP contribution in [-0.2, 0) is 39.8 Å². The van der Waals surface area contributed by atoms with Gasteiger partial charge in [-0.15, -0.1) is 0 Å². The fourth-order valence-corrected chi connectivity index (χ4v) is 9.17. The van der Waals surface area contributed by atoms with Crippen LogP contribution in [0.1, 0.15) is 40.0 Å². The number of nitrogens with two attached hydrogens (primary N) is 3. The van der Waals surface area contributed by atoms with Crippen molar-refractivity contribution in [2.24, 2.45) is 17.2 Å². The zero-order valence-corrected chi connectivity index (χ0v) is 27.4. The largest absolute Gasteiger partial charge is 0.500 e. The van der Waals surface area contributed by atoms with Gasteiger partial charge >= 0.3 is 26.4 Å². The molecule has 0 fully saturated rings. The van der Waals surface area contributed by atoms with Crippen LogP contribution in [0, 0.1) is 0 Å². The van der Waals surface area contributed by atoms with Gasteiger partial charge in [-0.25, -0.2) is 0 Å². The highest BCUT2D eigenvalue weighted by molar-refractivity contribution is 6.61. The van der Waals surface area contributed by atoms with E-state index in [0.717, 1.165) is 37.4 Å². The van der Waals surface area contributed by atoms with Crippen molar-refractivity contribution in [2.75, 3.05) is 82.1 Å².